The molecule has 0 saturated heterocycles. The van der Waals surface area contributed by atoms with E-state index in [0.29, 0.717) is 17.8 Å². The summed E-state index contributed by atoms with van der Waals surface area (Å²) in [5, 5.41) is 10.3. The van der Waals surface area contributed by atoms with Gasteiger partial charge in [0.1, 0.15) is 0 Å². The average molecular weight is 349 g/mol. The van der Waals surface area contributed by atoms with Gasteiger partial charge in [-0.25, -0.2) is 0 Å². The van der Waals surface area contributed by atoms with Crippen LogP contribution in [0.5, 0.6) is 0 Å². The first-order valence-corrected chi connectivity index (χ1v) is 10.4. The van der Waals surface area contributed by atoms with Crippen LogP contribution in [-0.2, 0) is 9.47 Å². The lowest BCUT2D eigenvalue weighted by Gasteiger charge is -2.54. The highest BCUT2D eigenvalue weighted by Gasteiger charge is 2.56. The Kier molecular flexibility index (Phi) is 4.79. The molecule has 0 aromatic heterocycles. The molecule has 3 nitrogen and oxygen atoms in total. The van der Waals surface area contributed by atoms with Gasteiger partial charge in [0.2, 0.25) is 0 Å². The van der Waals surface area contributed by atoms with Crippen molar-refractivity contribution < 1.29 is 14.6 Å². The van der Waals surface area contributed by atoms with E-state index in [0.717, 1.165) is 24.7 Å². The van der Waals surface area contributed by atoms with E-state index in [1.54, 1.807) is 5.57 Å². The first kappa shape index (κ1) is 18.0. The Labute approximate surface area is 153 Å². The second-order valence-electron chi connectivity index (χ2n) is 9.47. The molecule has 0 aromatic rings. The Hall–Kier alpha value is -0.380. The minimum atomic E-state index is -0.180. The van der Waals surface area contributed by atoms with Gasteiger partial charge in [-0.1, -0.05) is 18.6 Å². The average Bonchev–Trinajstić information content (AvgIpc) is 2.97. The number of ether oxygens (including phenoxy) is 2. The third-order valence-electron chi connectivity index (χ3n) is 8.62. The fraction of sp³-hybridized carbons (Fsp3) is 0.909. The van der Waals surface area contributed by atoms with Crippen LogP contribution in [0, 0.1) is 35.0 Å². The van der Waals surface area contributed by atoms with E-state index in [1.807, 2.05) is 21.1 Å². The second kappa shape index (κ2) is 6.65. The Morgan fingerprint density at radius 2 is 1.84 bits per heavy atom. The fourth-order valence-corrected chi connectivity index (χ4v) is 7.47. The van der Waals surface area contributed by atoms with Crippen molar-refractivity contribution in [3.8, 4) is 0 Å². The third-order valence-corrected chi connectivity index (χ3v) is 8.62. The molecule has 0 radical (unpaired) electrons. The smallest absolute Gasteiger partial charge is 0.0900 e. The Morgan fingerprint density at radius 1 is 1.08 bits per heavy atom. The zero-order valence-electron chi connectivity index (χ0n) is 16.4. The Balaban J connectivity index is 1.66. The van der Waals surface area contributed by atoms with E-state index < -0.39 is 0 Å². The van der Waals surface area contributed by atoms with E-state index in [1.165, 1.54) is 32.1 Å². The number of rotatable bonds is 3. The van der Waals surface area contributed by atoms with Gasteiger partial charge >= 0.3 is 0 Å². The maximum absolute atomic E-state index is 10.3. The Morgan fingerprint density at radius 3 is 2.52 bits per heavy atom. The molecule has 0 heterocycles. The minimum absolute atomic E-state index is 0.180. The van der Waals surface area contributed by atoms with E-state index in [4.69, 9.17) is 9.47 Å². The summed E-state index contributed by atoms with van der Waals surface area (Å²) in [6, 6.07) is 0. The Bertz CT molecular complexity index is 527. The molecule has 4 rings (SSSR count). The van der Waals surface area contributed by atoms with E-state index in [2.05, 4.69) is 13.0 Å². The number of allylic oxidation sites excluding steroid dienone is 1. The highest BCUT2D eigenvalue weighted by Crippen LogP contribution is 2.62. The van der Waals surface area contributed by atoms with Crippen molar-refractivity contribution in [1.82, 2.24) is 0 Å². The van der Waals surface area contributed by atoms with Gasteiger partial charge in [0.25, 0.3) is 0 Å². The molecule has 3 saturated carbocycles. The highest BCUT2D eigenvalue weighted by atomic mass is 16.5. The van der Waals surface area contributed by atoms with Crippen molar-refractivity contribution in [3.05, 3.63) is 11.6 Å². The van der Waals surface area contributed by atoms with Crippen LogP contribution < -0.4 is 0 Å². The van der Waals surface area contributed by atoms with Crippen molar-refractivity contribution in [1.29, 1.82) is 0 Å². The monoisotopic (exact) mass is 348 g/mol. The van der Waals surface area contributed by atoms with E-state index in [9.17, 15) is 5.11 Å². The van der Waals surface area contributed by atoms with Crippen LogP contribution in [0.3, 0.4) is 0 Å². The summed E-state index contributed by atoms with van der Waals surface area (Å²) in [7, 11) is 3.71. The third kappa shape index (κ3) is 2.64. The molecule has 3 fully saturated rings. The van der Waals surface area contributed by atoms with Crippen molar-refractivity contribution in [2.45, 2.75) is 77.1 Å². The predicted molar refractivity (Wildman–Crippen MR) is 99.2 cm³/mol. The molecule has 4 unspecified atom stereocenters. The molecule has 1 N–H and O–H groups in total. The van der Waals surface area contributed by atoms with Crippen LogP contribution in [0.25, 0.3) is 0 Å². The summed E-state index contributed by atoms with van der Waals surface area (Å²) in [6.07, 6.45) is 11.6. The largest absolute Gasteiger partial charge is 0.393 e. The minimum Gasteiger partial charge on any atom is -0.393 e. The molecule has 3 heteroatoms. The quantitative estimate of drug-likeness (QED) is 0.777. The second-order valence-corrected chi connectivity index (χ2v) is 9.47. The van der Waals surface area contributed by atoms with Gasteiger partial charge < -0.3 is 14.6 Å². The number of aliphatic hydroxyl groups excluding tert-OH is 1. The highest BCUT2D eigenvalue weighted by molar-refractivity contribution is 5.26. The summed E-state index contributed by atoms with van der Waals surface area (Å²) in [4.78, 5) is 0. The summed E-state index contributed by atoms with van der Waals surface area (Å²) in [6.45, 7) is 4.45. The molecule has 9 atom stereocenters. The maximum Gasteiger partial charge on any atom is 0.0900 e. The normalized spacial score (nSPS) is 50.4. The van der Waals surface area contributed by atoms with Crippen LogP contribution in [0.2, 0.25) is 0 Å². The number of hydrogen-bond donors (Lipinski definition) is 1. The lowest BCUT2D eigenvalue weighted by molar-refractivity contribution is -0.108. The molecule has 142 valence electrons. The number of hydrogen-bond acceptors (Lipinski definition) is 3. The maximum atomic E-state index is 10.3. The lowest BCUT2D eigenvalue weighted by atomic mass is 9.53. The SMILES string of the molecule is COC1CCC2CC[C@@H]3C(=CC[C@]4(C)[C@@H](C(C)O)CC[C@@H]34)[C@H]2C1OC. The van der Waals surface area contributed by atoms with Crippen LogP contribution in [0.1, 0.15) is 58.8 Å². The zero-order valence-corrected chi connectivity index (χ0v) is 16.4. The summed E-state index contributed by atoms with van der Waals surface area (Å²) >= 11 is 0. The molecule has 0 bridgehead atoms. The molecular weight excluding hydrogens is 312 g/mol. The standard InChI is InChI=1S/C22H36O3/c1-13(23)17-8-9-18-15-7-5-14-6-10-19(24-3)21(25-4)20(14)16(15)11-12-22(17,18)2/h11,13-15,17-21,23H,5-10,12H2,1-4H3/t13?,14?,15-,17-,18+,19?,20+,21?,22-/m1/s1. The van der Waals surface area contributed by atoms with Gasteiger partial charge in [0, 0.05) is 20.1 Å². The summed E-state index contributed by atoms with van der Waals surface area (Å²) in [5.41, 5.74) is 1.98. The molecule has 0 amide bonds. The van der Waals surface area contributed by atoms with E-state index >= 15 is 0 Å². The van der Waals surface area contributed by atoms with Gasteiger partial charge in [-0.3, -0.25) is 0 Å². The van der Waals surface area contributed by atoms with Gasteiger partial charge in [-0.2, -0.15) is 0 Å². The first-order chi connectivity index (χ1) is 12.0. The number of fused-ring (bicyclic) bond motifs is 5. The molecule has 25 heavy (non-hydrogen) atoms. The van der Waals surface area contributed by atoms with Gasteiger partial charge in [0.05, 0.1) is 18.3 Å². The number of aliphatic hydroxyl groups is 1. The van der Waals surface area contributed by atoms with Crippen LogP contribution in [0.4, 0.5) is 0 Å². The van der Waals surface area contributed by atoms with E-state index in [-0.39, 0.29) is 23.7 Å². The molecule has 4 aliphatic carbocycles. The zero-order chi connectivity index (χ0) is 17.8. The van der Waals surface area contributed by atoms with Gasteiger partial charge in [-0.05, 0) is 81.0 Å². The lowest BCUT2D eigenvalue weighted by Crippen LogP contribution is -2.51. The molecule has 0 aromatic carbocycles. The van der Waals surface area contributed by atoms with Crippen molar-refractivity contribution in [2.24, 2.45) is 35.0 Å². The van der Waals surface area contributed by atoms with Crippen molar-refractivity contribution in [2.75, 3.05) is 14.2 Å². The molecule has 0 aliphatic heterocycles. The number of methoxy groups -OCH3 is 2. The molecule has 0 spiro atoms. The van der Waals surface area contributed by atoms with Crippen LogP contribution >= 0.6 is 0 Å². The van der Waals surface area contributed by atoms with Crippen molar-refractivity contribution in [3.63, 3.8) is 0 Å². The summed E-state index contributed by atoms with van der Waals surface area (Å²) < 4.78 is 11.8. The fourth-order valence-electron chi connectivity index (χ4n) is 7.47. The topological polar surface area (TPSA) is 38.7 Å². The van der Waals surface area contributed by atoms with Gasteiger partial charge in [0.15, 0.2) is 0 Å². The predicted octanol–water partition coefficient (Wildman–Crippen LogP) is 4.20. The van der Waals surface area contributed by atoms with Gasteiger partial charge in [-0.15, -0.1) is 0 Å². The first-order valence-electron chi connectivity index (χ1n) is 10.4. The van der Waals surface area contributed by atoms with Crippen molar-refractivity contribution >= 4 is 0 Å². The summed E-state index contributed by atoms with van der Waals surface area (Å²) in [5.74, 6) is 3.24. The van der Waals surface area contributed by atoms with Crippen LogP contribution in [0.15, 0.2) is 11.6 Å². The van der Waals surface area contributed by atoms with Crippen LogP contribution in [-0.4, -0.2) is 37.6 Å². The molecular formula is C22H36O3. The molecule has 4 aliphatic rings.